The molecule has 0 saturated carbocycles. The molecule has 0 aliphatic rings. The summed E-state index contributed by atoms with van der Waals surface area (Å²) in [5.74, 6) is 0.162. The third kappa shape index (κ3) is 4.66. The highest BCUT2D eigenvalue weighted by Crippen LogP contribution is 2.25. The van der Waals surface area contributed by atoms with Crippen LogP contribution in [0.5, 0.6) is 5.75 Å². The molecule has 3 N–H and O–H groups in total. The quantitative estimate of drug-likeness (QED) is 0.833. The first-order chi connectivity index (χ1) is 10.2. The van der Waals surface area contributed by atoms with Crippen LogP contribution in [-0.4, -0.2) is 16.3 Å². The van der Waals surface area contributed by atoms with Gasteiger partial charge in [-0.25, -0.2) is 4.98 Å². The molecule has 9 heteroatoms. The first kappa shape index (κ1) is 16.2. The minimum atomic E-state index is -4.71. The molecule has 22 heavy (non-hydrogen) atoms. The van der Waals surface area contributed by atoms with Crippen molar-refractivity contribution in [2.45, 2.75) is 19.3 Å². The second-order valence-electron chi connectivity index (χ2n) is 4.42. The van der Waals surface area contributed by atoms with Crippen LogP contribution in [-0.2, 0) is 0 Å². The van der Waals surface area contributed by atoms with E-state index in [0.29, 0.717) is 5.82 Å². The summed E-state index contributed by atoms with van der Waals surface area (Å²) in [6.45, 7) is 1.81. The molecule has 0 aliphatic carbocycles. The predicted molar refractivity (Wildman–Crippen MR) is 76.6 cm³/mol. The molecule has 2 rings (SSSR count). The van der Waals surface area contributed by atoms with Crippen LogP contribution >= 0.6 is 11.6 Å². The lowest BCUT2D eigenvalue weighted by atomic mass is 10.1. The van der Waals surface area contributed by atoms with Crippen LogP contribution in [0.1, 0.15) is 18.5 Å². The summed E-state index contributed by atoms with van der Waals surface area (Å²) >= 11 is 5.77. The molecule has 1 atom stereocenters. The minimum Gasteiger partial charge on any atom is -0.406 e. The van der Waals surface area contributed by atoms with Crippen LogP contribution < -0.4 is 15.8 Å². The summed E-state index contributed by atoms with van der Waals surface area (Å²) < 4.78 is 40.1. The lowest BCUT2D eigenvalue weighted by Gasteiger charge is -2.16. The van der Waals surface area contributed by atoms with E-state index >= 15 is 0 Å². The lowest BCUT2D eigenvalue weighted by Crippen LogP contribution is -2.17. The SMILES string of the molecule is C[C@H](Nc1cc(Cl)nc(N)n1)c1ccc(OC(F)(F)F)cc1. The molecule has 5 nitrogen and oxygen atoms in total. The van der Waals surface area contributed by atoms with Gasteiger partial charge in [0.25, 0.3) is 0 Å². The zero-order valence-electron chi connectivity index (χ0n) is 11.4. The lowest BCUT2D eigenvalue weighted by molar-refractivity contribution is -0.274. The van der Waals surface area contributed by atoms with Gasteiger partial charge in [-0.3, -0.25) is 0 Å². The Hall–Kier alpha value is -2.22. The van der Waals surface area contributed by atoms with E-state index in [1.165, 1.54) is 30.3 Å². The Morgan fingerprint density at radius 2 is 1.86 bits per heavy atom. The van der Waals surface area contributed by atoms with Crippen molar-refractivity contribution in [3.05, 3.63) is 41.0 Å². The van der Waals surface area contributed by atoms with Crippen molar-refractivity contribution < 1.29 is 17.9 Å². The molecule has 0 spiro atoms. The van der Waals surface area contributed by atoms with Crippen molar-refractivity contribution in [2.24, 2.45) is 0 Å². The van der Waals surface area contributed by atoms with Crippen LogP contribution in [0.4, 0.5) is 24.9 Å². The smallest absolute Gasteiger partial charge is 0.406 e. The number of anilines is 2. The fourth-order valence-electron chi connectivity index (χ4n) is 1.77. The van der Waals surface area contributed by atoms with Gasteiger partial charge in [0.15, 0.2) is 0 Å². The van der Waals surface area contributed by atoms with Gasteiger partial charge in [0.1, 0.15) is 16.7 Å². The van der Waals surface area contributed by atoms with E-state index in [4.69, 9.17) is 17.3 Å². The number of halogens is 4. The third-order valence-electron chi connectivity index (χ3n) is 2.69. The van der Waals surface area contributed by atoms with Crippen molar-refractivity contribution in [2.75, 3.05) is 11.1 Å². The van der Waals surface area contributed by atoms with E-state index in [2.05, 4.69) is 20.0 Å². The topological polar surface area (TPSA) is 73.1 Å². The highest BCUT2D eigenvalue weighted by Gasteiger charge is 2.31. The first-order valence-electron chi connectivity index (χ1n) is 6.15. The number of nitrogen functional groups attached to an aromatic ring is 1. The maximum Gasteiger partial charge on any atom is 0.573 e. The zero-order chi connectivity index (χ0) is 16.3. The number of ether oxygens (including phenoxy) is 1. The number of aromatic nitrogens is 2. The van der Waals surface area contributed by atoms with Crippen molar-refractivity contribution in [3.63, 3.8) is 0 Å². The van der Waals surface area contributed by atoms with Crippen LogP contribution in [0.3, 0.4) is 0 Å². The molecule has 2 aromatic rings. The van der Waals surface area contributed by atoms with Crippen LogP contribution in [0.2, 0.25) is 5.15 Å². The number of hydrogen-bond acceptors (Lipinski definition) is 5. The van der Waals surface area contributed by atoms with Gasteiger partial charge in [-0.15, -0.1) is 13.2 Å². The van der Waals surface area contributed by atoms with E-state index in [1.807, 2.05) is 6.92 Å². The number of nitrogens with one attached hydrogen (secondary N) is 1. The number of nitrogens with two attached hydrogens (primary N) is 1. The van der Waals surface area contributed by atoms with Crippen LogP contribution in [0.25, 0.3) is 0 Å². The van der Waals surface area contributed by atoms with Gasteiger partial charge < -0.3 is 15.8 Å². The monoisotopic (exact) mass is 332 g/mol. The molecule has 0 saturated heterocycles. The van der Waals surface area contributed by atoms with Crippen molar-refractivity contribution in [1.29, 1.82) is 0 Å². The number of hydrogen-bond donors (Lipinski definition) is 2. The maximum absolute atomic E-state index is 12.1. The summed E-state index contributed by atoms with van der Waals surface area (Å²) in [6.07, 6.45) is -4.71. The van der Waals surface area contributed by atoms with Gasteiger partial charge in [-0.2, -0.15) is 4.98 Å². The van der Waals surface area contributed by atoms with Crippen molar-refractivity contribution >= 4 is 23.4 Å². The third-order valence-corrected chi connectivity index (χ3v) is 2.88. The van der Waals surface area contributed by atoms with E-state index in [1.54, 1.807) is 0 Å². The summed E-state index contributed by atoms with van der Waals surface area (Å²) in [4.78, 5) is 7.69. The average molecular weight is 333 g/mol. The summed E-state index contributed by atoms with van der Waals surface area (Å²) in [5.41, 5.74) is 6.22. The van der Waals surface area contributed by atoms with E-state index in [9.17, 15) is 13.2 Å². The number of nitrogens with zero attached hydrogens (tertiary/aromatic N) is 2. The largest absolute Gasteiger partial charge is 0.573 e. The molecule has 0 amide bonds. The Morgan fingerprint density at radius 1 is 1.23 bits per heavy atom. The molecule has 1 aromatic heterocycles. The molecule has 0 unspecified atom stereocenters. The maximum atomic E-state index is 12.1. The fourth-order valence-corrected chi connectivity index (χ4v) is 1.96. The molecule has 0 aliphatic heterocycles. The number of benzene rings is 1. The Bertz CT molecular complexity index is 628. The fraction of sp³-hybridized carbons (Fsp3) is 0.231. The molecule has 118 valence electrons. The molecule has 1 heterocycles. The van der Waals surface area contributed by atoms with Crippen molar-refractivity contribution in [1.82, 2.24) is 9.97 Å². The second-order valence-corrected chi connectivity index (χ2v) is 4.80. The molecule has 1 aromatic carbocycles. The summed E-state index contributed by atoms with van der Waals surface area (Å²) in [6, 6.07) is 6.78. The highest BCUT2D eigenvalue weighted by molar-refractivity contribution is 6.29. The normalized spacial score (nSPS) is 12.8. The first-order valence-corrected chi connectivity index (χ1v) is 6.53. The van der Waals surface area contributed by atoms with Crippen LogP contribution in [0.15, 0.2) is 30.3 Å². The van der Waals surface area contributed by atoms with Gasteiger partial charge in [-0.05, 0) is 24.6 Å². The molecule has 0 fully saturated rings. The Morgan fingerprint density at radius 3 is 2.41 bits per heavy atom. The highest BCUT2D eigenvalue weighted by atomic mass is 35.5. The average Bonchev–Trinajstić information content (AvgIpc) is 2.36. The van der Waals surface area contributed by atoms with Crippen LogP contribution in [0, 0.1) is 0 Å². The van der Waals surface area contributed by atoms with Gasteiger partial charge in [-0.1, -0.05) is 23.7 Å². The molecule has 0 bridgehead atoms. The van der Waals surface area contributed by atoms with E-state index < -0.39 is 6.36 Å². The van der Waals surface area contributed by atoms with Gasteiger partial charge in [0, 0.05) is 12.1 Å². The Labute approximate surface area is 129 Å². The van der Waals surface area contributed by atoms with Gasteiger partial charge >= 0.3 is 6.36 Å². The Kier molecular flexibility index (Phi) is 4.60. The van der Waals surface area contributed by atoms with E-state index in [-0.39, 0.29) is 22.9 Å². The minimum absolute atomic E-state index is 0.0242. The molecular formula is C13H12ClF3N4O. The molecular weight excluding hydrogens is 321 g/mol. The number of rotatable bonds is 4. The second kappa shape index (κ2) is 6.27. The number of alkyl halides is 3. The summed E-state index contributed by atoms with van der Waals surface area (Å²) in [5, 5.41) is 3.22. The van der Waals surface area contributed by atoms with Gasteiger partial charge in [0.2, 0.25) is 5.95 Å². The zero-order valence-corrected chi connectivity index (χ0v) is 12.1. The standard InChI is InChI=1S/C13H12ClF3N4O/c1-7(19-11-6-10(14)20-12(18)21-11)8-2-4-9(5-3-8)22-13(15,16)17/h2-7H,1H3,(H3,18,19,20,21)/t7-/m0/s1. The predicted octanol–water partition coefficient (Wildman–Crippen LogP) is 3.78. The van der Waals surface area contributed by atoms with Gasteiger partial charge in [0.05, 0.1) is 0 Å². The summed E-state index contributed by atoms with van der Waals surface area (Å²) in [7, 11) is 0. The van der Waals surface area contributed by atoms with E-state index in [0.717, 1.165) is 5.56 Å². The van der Waals surface area contributed by atoms with Crippen molar-refractivity contribution in [3.8, 4) is 5.75 Å². The molecule has 0 radical (unpaired) electrons. The Balaban J connectivity index is 2.07.